The van der Waals surface area contributed by atoms with Gasteiger partial charge in [0, 0.05) is 36.6 Å². The van der Waals surface area contributed by atoms with Crippen LogP contribution in [0.1, 0.15) is 38.8 Å². The van der Waals surface area contributed by atoms with E-state index in [0.717, 1.165) is 54.4 Å². The molecule has 0 aliphatic rings. The van der Waals surface area contributed by atoms with Crippen LogP contribution in [0.15, 0.2) is 138 Å². The number of imidazole rings is 1. The van der Waals surface area contributed by atoms with Crippen LogP contribution in [0.3, 0.4) is 0 Å². The molecule has 3 heterocycles. The molecule has 3 aromatic heterocycles. The normalized spacial score (nSPS) is 13.7. The van der Waals surface area contributed by atoms with E-state index in [1.807, 2.05) is 63.4 Å². The number of benzene rings is 6. The van der Waals surface area contributed by atoms with Gasteiger partial charge < -0.3 is 8.98 Å². The van der Waals surface area contributed by atoms with Crippen LogP contribution in [0.2, 0.25) is 17.3 Å². The number of hydrogen-bond donors (Lipinski definition) is 0. The average Bonchev–Trinajstić information content (AvgIpc) is 3.79. The van der Waals surface area contributed by atoms with Gasteiger partial charge in [-0.15, -0.1) is 18.2 Å². The van der Waals surface area contributed by atoms with Crippen molar-refractivity contribution < 1.29 is 31.4 Å². The molecule has 0 aliphatic carbocycles. The summed E-state index contributed by atoms with van der Waals surface area (Å²) in [5.74, 6) is 7.52. The van der Waals surface area contributed by atoms with Crippen LogP contribution < -0.4 is 4.40 Å². The van der Waals surface area contributed by atoms with Crippen molar-refractivity contribution in [1.82, 2.24) is 14.5 Å². The molecule has 0 spiro atoms. The van der Waals surface area contributed by atoms with Crippen LogP contribution in [0, 0.1) is 24.4 Å². The minimum absolute atomic E-state index is 0. The van der Waals surface area contributed by atoms with Crippen LogP contribution in [0.25, 0.3) is 72.1 Å². The van der Waals surface area contributed by atoms with Crippen molar-refractivity contribution in [1.29, 1.82) is 0 Å². The summed E-state index contributed by atoms with van der Waals surface area (Å²) in [4.78, 5) is 9.63. The largest absolute Gasteiger partial charge is 0.501 e. The first-order chi connectivity index (χ1) is 27.9. The second-order valence-corrected chi connectivity index (χ2v) is 26.3. The zero-order valence-corrected chi connectivity index (χ0v) is 36.3. The van der Waals surface area contributed by atoms with E-state index in [1.165, 1.54) is 16.8 Å². The molecule has 277 valence electrons. The van der Waals surface area contributed by atoms with E-state index < -0.39 is 31.9 Å². The molecule has 55 heavy (non-hydrogen) atoms. The van der Waals surface area contributed by atoms with Crippen molar-refractivity contribution in [3.8, 4) is 28.3 Å². The van der Waals surface area contributed by atoms with Gasteiger partial charge in [-0.25, -0.2) is 0 Å². The standard InChI is InChI=1S/C29H17N2O.C20H28GeN.Ir/c1-2-11-20-19(9-1)10-7-17-25(20)31-26-16-5-4-15-24(26)30-29(31)23-14-8-13-22-21-12-3-6-18-27(21)32-28(22)23;1-15-8-10-16(11-9-15)19-12-17(13-20(2,3)4)18(14-22-19)21(5,6)7;/h1-13,15-18H;8-10,12,14H,13H2,1-7H3;/q2*-1;/i;1D3,13D2;. The Balaban J connectivity index is 0.000000182. The summed E-state index contributed by atoms with van der Waals surface area (Å²) in [5, 5.41) is 4.55. The monoisotopic (exact) mass is 963 g/mol. The predicted octanol–water partition coefficient (Wildman–Crippen LogP) is 12.5. The van der Waals surface area contributed by atoms with Crippen molar-refractivity contribution in [3.05, 3.63) is 157 Å². The second kappa shape index (κ2) is 15.4. The number of hydrogen-bond acceptors (Lipinski definition) is 3. The van der Waals surface area contributed by atoms with Crippen molar-refractivity contribution in [2.24, 2.45) is 5.41 Å². The number of aromatic nitrogens is 3. The summed E-state index contributed by atoms with van der Waals surface area (Å²) in [6.07, 6.45) is 0.303. The van der Waals surface area contributed by atoms with E-state index in [9.17, 15) is 0 Å². The molecule has 0 bridgehead atoms. The molecule has 0 fully saturated rings. The fourth-order valence-corrected chi connectivity index (χ4v) is 9.92. The Kier molecular flexibility index (Phi) is 9.07. The molecular weight excluding hydrogens is 911 g/mol. The van der Waals surface area contributed by atoms with E-state index in [2.05, 4.69) is 112 Å². The first-order valence-electron chi connectivity index (χ1n) is 20.7. The Morgan fingerprint density at radius 1 is 0.818 bits per heavy atom. The summed E-state index contributed by atoms with van der Waals surface area (Å²) in [6.45, 7) is 3.55. The van der Waals surface area contributed by atoms with Crippen LogP contribution in [-0.4, -0.2) is 27.8 Å². The number of furan rings is 1. The van der Waals surface area contributed by atoms with Gasteiger partial charge in [0.1, 0.15) is 5.58 Å². The second-order valence-electron chi connectivity index (χ2n) is 15.7. The van der Waals surface area contributed by atoms with E-state index >= 15 is 0 Å². The smallest absolute Gasteiger partial charge is 0.120 e. The Bertz CT molecular complexity index is 2990. The number of pyridine rings is 1. The molecule has 9 aromatic rings. The van der Waals surface area contributed by atoms with Crippen molar-refractivity contribution >= 4 is 61.4 Å². The average molecular weight is 962 g/mol. The fourth-order valence-electron chi connectivity index (χ4n) is 6.99. The van der Waals surface area contributed by atoms with Gasteiger partial charge in [-0.1, -0.05) is 77.7 Å². The predicted molar refractivity (Wildman–Crippen MR) is 230 cm³/mol. The molecule has 0 saturated heterocycles. The molecule has 0 unspecified atom stereocenters. The quantitative estimate of drug-likeness (QED) is 0.128. The topological polar surface area (TPSA) is 43.9 Å². The maximum Gasteiger partial charge on any atom is 0.120 e. The molecular formula is C49H45GeIrN3O-2. The maximum absolute atomic E-state index is 8.80. The van der Waals surface area contributed by atoms with Crippen LogP contribution >= 0.6 is 0 Å². The maximum atomic E-state index is 8.80. The zero-order chi connectivity index (χ0) is 41.9. The van der Waals surface area contributed by atoms with Gasteiger partial charge in [0.25, 0.3) is 0 Å². The molecule has 9 rings (SSSR count). The molecule has 0 amide bonds. The number of para-hydroxylation sites is 3. The third kappa shape index (κ3) is 7.84. The van der Waals surface area contributed by atoms with E-state index in [1.54, 1.807) is 12.1 Å². The summed E-state index contributed by atoms with van der Waals surface area (Å²) >= 11 is -2.36. The zero-order valence-electron chi connectivity index (χ0n) is 36.8. The van der Waals surface area contributed by atoms with E-state index in [0.29, 0.717) is 16.8 Å². The molecule has 4 nitrogen and oxygen atoms in total. The van der Waals surface area contributed by atoms with E-state index in [-0.39, 0.29) is 25.7 Å². The number of fused-ring (bicyclic) bond motifs is 5. The number of aryl methyl sites for hydroxylation is 1. The molecule has 6 heteroatoms. The van der Waals surface area contributed by atoms with Gasteiger partial charge in [0.2, 0.25) is 0 Å². The summed E-state index contributed by atoms with van der Waals surface area (Å²) < 4.78 is 49.7. The van der Waals surface area contributed by atoms with Gasteiger partial charge >= 0.3 is 145 Å². The van der Waals surface area contributed by atoms with Crippen molar-refractivity contribution in [2.45, 2.75) is 51.3 Å². The van der Waals surface area contributed by atoms with Crippen LogP contribution in [0.4, 0.5) is 0 Å². The van der Waals surface area contributed by atoms with Gasteiger partial charge in [-0.05, 0) is 29.7 Å². The van der Waals surface area contributed by atoms with Crippen molar-refractivity contribution in [2.75, 3.05) is 0 Å². The van der Waals surface area contributed by atoms with Crippen LogP contribution in [-0.2, 0) is 26.5 Å². The van der Waals surface area contributed by atoms with Gasteiger partial charge in [0.15, 0.2) is 0 Å². The number of rotatable bonds is 5. The van der Waals surface area contributed by atoms with Gasteiger partial charge in [-0.3, -0.25) is 4.98 Å². The molecule has 1 radical (unpaired) electrons. The Labute approximate surface area is 347 Å². The minimum Gasteiger partial charge on any atom is -0.501 e. The Hall–Kier alpha value is -4.81. The summed E-state index contributed by atoms with van der Waals surface area (Å²) in [6, 6.07) is 48.3. The molecule has 0 saturated carbocycles. The first kappa shape index (κ1) is 32.4. The third-order valence-electron chi connectivity index (χ3n) is 9.44. The number of nitrogens with zero attached hydrogens (tertiary/aromatic N) is 3. The fraction of sp³-hybridized carbons (Fsp3) is 0.184. The summed E-state index contributed by atoms with van der Waals surface area (Å²) in [5.41, 5.74) is 7.28. The third-order valence-corrected chi connectivity index (χ3v) is 13.7. The van der Waals surface area contributed by atoms with Crippen LogP contribution in [0.5, 0.6) is 0 Å². The molecule has 6 aromatic carbocycles. The van der Waals surface area contributed by atoms with Crippen molar-refractivity contribution in [3.63, 3.8) is 0 Å². The Morgan fingerprint density at radius 2 is 1.56 bits per heavy atom. The molecule has 0 atom stereocenters. The van der Waals surface area contributed by atoms with Gasteiger partial charge in [-0.2, -0.15) is 0 Å². The molecule has 0 N–H and O–H groups in total. The summed E-state index contributed by atoms with van der Waals surface area (Å²) in [7, 11) is 0. The van der Waals surface area contributed by atoms with E-state index in [4.69, 9.17) is 16.3 Å². The SMILES string of the molecule is [2H]C([2H])([2H])c1c[c-]c(-c2cc(C([2H])([2H])C(C)(C)C)[c]([Ge]([CH3])([CH3])[CH3])cn2)cc1.[Ir].[c-]1ccc2c(oc3ccccc32)c1-c1nc2ccccc2n1-c1cccc2ccccc12. The first-order valence-corrected chi connectivity index (χ1v) is 25.6. The Morgan fingerprint density at radius 3 is 2.33 bits per heavy atom. The molecule has 0 aliphatic heterocycles. The minimum atomic E-state index is -2.36. The van der Waals surface area contributed by atoms with Gasteiger partial charge in [0.05, 0.1) is 22.4 Å².